The number of Topliss-reactive ketones (excluding diaryl/α,β-unsaturated/α-hetero) is 1. The number of carbonyl (C=O) groups is 2. The van der Waals surface area contributed by atoms with Gasteiger partial charge in [-0.3, -0.25) is 19.6 Å². The van der Waals surface area contributed by atoms with Gasteiger partial charge >= 0.3 is 0 Å². The molecule has 3 rings (SSSR count). The quantitative estimate of drug-likeness (QED) is 0.579. The largest absolute Gasteiger partial charge is 0.383 e. The second kappa shape index (κ2) is 9.94. The third-order valence-corrected chi connectivity index (χ3v) is 4.90. The summed E-state index contributed by atoms with van der Waals surface area (Å²) in [5.41, 5.74) is 3.01. The molecular weight excluding hydrogens is 382 g/mol. The summed E-state index contributed by atoms with van der Waals surface area (Å²) in [5, 5.41) is 15.3. The zero-order chi connectivity index (χ0) is 21.5. The third-order valence-electron chi connectivity index (χ3n) is 4.90. The van der Waals surface area contributed by atoms with Crippen molar-refractivity contribution in [2.75, 3.05) is 25.6 Å². The normalized spacial score (nSPS) is 13.9. The number of methoxy groups -OCH3 is 1. The Morgan fingerprint density at radius 3 is 2.73 bits per heavy atom. The van der Waals surface area contributed by atoms with Gasteiger partial charge in [0.25, 0.3) is 0 Å². The Morgan fingerprint density at radius 2 is 2.10 bits per heavy atom. The molecule has 0 unspecified atom stereocenters. The average Bonchev–Trinajstić information content (AvgIpc) is 3.60. The highest BCUT2D eigenvalue weighted by Crippen LogP contribution is 2.31. The van der Waals surface area contributed by atoms with Crippen LogP contribution in [0.3, 0.4) is 0 Å². The maximum absolute atomic E-state index is 12.2. The molecule has 156 valence electrons. The van der Waals surface area contributed by atoms with Crippen LogP contribution in [0, 0.1) is 17.2 Å². The molecule has 0 spiro atoms. The molecule has 8 nitrogen and oxygen atoms in total. The second-order valence-electron chi connectivity index (χ2n) is 7.33. The Bertz CT molecular complexity index is 948. The molecule has 1 aliphatic rings. The van der Waals surface area contributed by atoms with Crippen LogP contribution in [0.5, 0.6) is 0 Å². The van der Waals surface area contributed by atoms with Crippen LogP contribution in [-0.4, -0.2) is 48.0 Å². The number of ketones is 1. The SMILES string of the molecule is COCCNC(=O)[C@H](C)Nc1cc(-c2cnc(CC(=O)C3CC3)cn2)ccc1C#N. The van der Waals surface area contributed by atoms with E-state index in [0.717, 1.165) is 18.4 Å². The highest BCUT2D eigenvalue weighted by molar-refractivity contribution is 5.85. The summed E-state index contributed by atoms with van der Waals surface area (Å²) in [5.74, 6) is 0.234. The smallest absolute Gasteiger partial charge is 0.242 e. The number of aromatic nitrogens is 2. The van der Waals surface area contributed by atoms with E-state index in [4.69, 9.17) is 4.74 Å². The minimum absolute atomic E-state index is 0.189. The van der Waals surface area contributed by atoms with Crippen molar-refractivity contribution in [2.45, 2.75) is 32.2 Å². The molecule has 30 heavy (non-hydrogen) atoms. The van der Waals surface area contributed by atoms with Gasteiger partial charge in [0.1, 0.15) is 17.9 Å². The molecule has 8 heteroatoms. The van der Waals surface area contributed by atoms with Crippen molar-refractivity contribution in [1.29, 1.82) is 5.26 Å². The lowest BCUT2D eigenvalue weighted by atomic mass is 10.1. The number of benzene rings is 1. The van der Waals surface area contributed by atoms with Crippen LogP contribution < -0.4 is 10.6 Å². The number of nitrogens with zero attached hydrogens (tertiary/aromatic N) is 3. The number of hydrogen-bond donors (Lipinski definition) is 2. The number of nitrogens with one attached hydrogen (secondary N) is 2. The van der Waals surface area contributed by atoms with Gasteiger partial charge < -0.3 is 15.4 Å². The highest BCUT2D eigenvalue weighted by Gasteiger charge is 2.29. The first-order valence-corrected chi connectivity index (χ1v) is 9.93. The number of hydrogen-bond acceptors (Lipinski definition) is 7. The molecule has 1 aromatic carbocycles. The summed E-state index contributed by atoms with van der Waals surface area (Å²) in [6.07, 6.45) is 5.52. The molecule has 1 aromatic heterocycles. The Hall–Kier alpha value is -3.31. The van der Waals surface area contributed by atoms with Gasteiger partial charge in [0.05, 0.1) is 41.9 Å². The van der Waals surface area contributed by atoms with Crippen LogP contribution in [0.1, 0.15) is 31.0 Å². The molecular formula is C22H25N5O3. The Morgan fingerprint density at radius 1 is 1.30 bits per heavy atom. The molecule has 0 saturated heterocycles. The average molecular weight is 407 g/mol. The van der Waals surface area contributed by atoms with E-state index in [1.165, 1.54) is 0 Å². The fourth-order valence-corrected chi connectivity index (χ4v) is 2.97. The van der Waals surface area contributed by atoms with Gasteiger partial charge in [0.15, 0.2) is 0 Å². The number of nitriles is 1. The van der Waals surface area contributed by atoms with Gasteiger partial charge in [-0.1, -0.05) is 6.07 Å². The fraction of sp³-hybridized carbons (Fsp3) is 0.409. The first-order chi connectivity index (χ1) is 14.5. The molecule has 2 aromatic rings. The molecule has 0 bridgehead atoms. The number of carbonyl (C=O) groups excluding carboxylic acids is 2. The molecule has 0 radical (unpaired) electrons. The minimum Gasteiger partial charge on any atom is -0.383 e. The van der Waals surface area contributed by atoms with E-state index >= 15 is 0 Å². The molecule has 0 aliphatic heterocycles. The number of rotatable bonds is 10. The summed E-state index contributed by atoms with van der Waals surface area (Å²) in [6.45, 7) is 2.57. The third kappa shape index (κ3) is 5.61. The van der Waals surface area contributed by atoms with Crippen molar-refractivity contribution < 1.29 is 14.3 Å². The minimum atomic E-state index is -0.536. The molecule has 2 N–H and O–H groups in total. The van der Waals surface area contributed by atoms with Gasteiger partial charge in [0, 0.05) is 31.3 Å². The van der Waals surface area contributed by atoms with E-state index in [2.05, 4.69) is 26.7 Å². The monoisotopic (exact) mass is 407 g/mol. The summed E-state index contributed by atoms with van der Waals surface area (Å²) >= 11 is 0. The van der Waals surface area contributed by atoms with Crippen molar-refractivity contribution in [1.82, 2.24) is 15.3 Å². The van der Waals surface area contributed by atoms with E-state index in [9.17, 15) is 14.9 Å². The number of ether oxygens (including phenoxy) is 1. The zero-order valence-corrected chi connectivity index (χ0v) is 17.1. The first-order valence-electron chi connectivity index (χ1n) is 9.93. The van der Waals surface area contributed by atoms with Crippen LogP contribution in [-0.2, 0) is 20.7 Å². The Labute approximate surface area is 175 Å². The molecule has 1 amide bonds. The Balaban J connectivity index is 1.71. The molecule has 1 atom stereocenters. The molecule has 1 saturated carbocycles. The maximum atomic E-state index is 12.2. The van der Waals surface area contributed by atoms with E-state index in [-0.39, 0.29) is 17.6 Å². The van der Waals surface area contributed by atoms with Gasteiger partial charge in [-0.2, -0.15) is 5.26 Å². The van der Waals surface area contributed by atoms with E-state index in [0.29, 0.717) is 42.2 Å². The van der Waals surface area contributed by atoms with Crippen LogP contribution in [0.25, 0.3) is 11.3 Å². The predicted octanol–water partition coefficient (Wildman–Crippen LogP) is 2.10. The van der Waals surface area contributed by atoms with Gasteiger partial charge in [-0.15, -0.1) is 0 Å². The van der Waals surface area contributed by atoms with Crippen LogP contribution in [0.2, 0.25) is 0 Å². The number of anilines is 1. The molecule has 1 fully saturated rings. The number of amides is 1. The lowest BCUT2D eigenvalue weighted by Gasteiger charge is -2.17. The van der Waals surface area contributed by atoms with Crippen molar-refractivity contribution >= 4 is 17.4 Å². The fourth-order valence-electron chi connectivity index (χ4n) is 2.97. The first kappa shape index (κ1) is 21.4. The standard InChI is InChI=1S/C22H25N5O3/c1-14(22(29)24-7-8-30-2)27-19-9-16(5-6-17(19)11-23)20-13-25-18(12-26-20)10-21(28)15-3-4-15/h5-6,9,12-15,27H,3-4,7-8,10H2,1-2H3,(H,24,29)/t14-/m0/s1. The summed E-state index contributed by atoms with van der Waals surface area (Å²) < 4.78 is 4.93. The molecule has 1 heterocycles. The lowest BCUT2D eigenvalue weighted by Crippen LogP contribution is -2.39. The van der Waals surface area contributed by atoms with Crippen LogP contribution >= 0.6 is 0 Å². The second-order valence-corrected chi connectivity index (χ2v) is 7.33. The summed E-state index contributed by atoms with van der Waals surface area (Å²) in [6, 6.07) is 6.83. The van der Waals surface area contributed by atoms with Gasteiger partial charge in [-0.25, -0.2) is 0 Å². The van der Waals surface area contributed by atoms with E-state index < -0.39 is 6.04 Å². The van der Waals surface area contributed by atoms with E-state index in [1.54, 1.807) is 44.6 Å². The maximum Gasteiger partial charge on any atom is 0.242 e. The topological polar surface area (TPSA) is 117 Å². The predicted molar refractivity (Wildman–Crippen MR) is 112 cm³/mol. The summed E-state index contributed by atoms with van der Waals surface area (Å²) in [7, 11) is 1.57. The van der Waals surface area contributed by atoms with Gasteiger partial charge in [0.2, 0.25) is 5.91 Å². The van der Waals surface area contributed by atoms with Gasteiger partial charge in [-0.05, 0) is 31.9 Å². The molecule has 1 aliphatic carbocycles. The van der Waals surface area contributed by atoms with Crippen molar-refractivity contribution in [3.63, 3.8) is 0 Å². The van der Waals surface area contributed by atoms with Crippen molar-refractivity contribution in [2.24, 2.45) is 5.92 Å². The van der Waals surface area contributed by atoms with Crippen LogP contribution in [0.15, 0.2) is 30.6 Å². The lowest BCUT2D eigenvalue weighted by molar-refractivity contribution is -0.121. The van der Waals surface area contributed by atoms with Crippen LogP contribution in [0.4, 0.5) is 5.69 Å². The Kier molecular flexibility index (Phi) is 7.09. The van der Waals surface area contributed by atoms with Crippen molar-refractivity contribution in [3.8, 4) is 17.3 Å². The highest BCUT2D eigenvalue weighted by atomic mass is 16.5. The van der Waals surface area contributed by atoms with E-state index in [1.807, 2.05) is 0 Å². The summed E-state index contributed by atoms with van der Waals surface area (Å²) in [4.78, 5) is 32.9. The van der Waals surface area contributed by atoms with Crippen molar-refractivity contribution in [3.05, 3.63) is 41.9 Å². The zero-order valence-electron chi connectivity index (χ0n) is 17.1.